The van der Waals surface area contributed by atoms with Crippen LogP contribution in [0.15, 0.2) is 59.6 Å². The van der Waals surface area contributed by atoms with Crippen molar-refractivity contribution in [1.82, 2.24) is 9.29 Å². The second-order valence-electron chi connectivity index (χ2n) is 6.34. The van der Waals surface area contributed by atoms with Crippen molar-refractivity contribution in [2.45, 2.75) is 17.7 Å². The Morgan fingerprint density at radius 3 is 2.62 bits per heavy atom. The first-order chi connectivity index (χ1) is 12.6. The van der Waals surface area contributed by atoms with Gasteiger partial charge in [-0.3, -0.25) is 4.79 Å². The van der Waals surface area contributed by atoms with Gasteiger partial charge in [-0.25, -0.2) is 8.42 Å². The molecule has 0 aliphatic carbocycles. The summed E-state index contributed by atoms with van der Waals surface area (Å²) in [5, 5.41) is 3.62. The van der Waals surface area contributed by atoms with Crippen LogP contribution in [0.25, 0.3) is 10.9 Å². The molecule has 1 aromatic heterocycles. The van der Waals surface area contributed by atoms with Gasteiger partial charge in [0.15, 0.2) is 0 Å². The van der Waals surface area contributed by atoms with E-state index in [0.29, 0.717) is 24.3 Å². The van der Waals surface area contributed by atoms with E-state index >= 15 is 0 Å². The molecule has 1 amide bonds. The number of hydrogen-bond acceptors (Lipinski definition) is 3. The zero-order valence-corrected chi connectivity index (χ0v) is 14.9. The number of fused-ring (bicyclic) bond motifs is 1. The van der Waals surface area contributed by atoms with Crippen molar-refractivity contribution in [3.05, 3.63) is 60.3 Å². The third-order valence-corrected chi connectivity index (χ3v) is 6.52. The monoisotopic (exact) mass is 369 g/mol. The summed E-state index contributed by atoms with van der Waals surface area (Å²) in [4.78, 5) is 15.9. The molecular formula is C19H19N3O3S. The quantitative estimate of drug-likeness (QED) is 0.741. The Bertz CT molecular complexity index is 1070. The molecular weight excluding hydrogens is 350 g/mol. The maximum Gasteiger partial charge on any atom is 0.257 e. The van der Waals surface area contributed by atoms with Gasteiger partial charge in [0.25, 0.3) is 5.91 Å². The van der Waals surface area contributed by atoms with E-state index in [2.05, 4.69) is 10.3 Å². The van der Waals surface area contributed by atoms with Crippen LogP contribution in [-0.2, 0) is 10.0 Å². The van der Waals surface area contributed by atoms with Gasteiger partial charge in [0, 0.05) is 35.9 Å². The summed E-state index contributed by atoms with van der Waals surface area (Å²) in [5.41, 5.74) is 1.86. The van der Waals surface area contributed by atoms with Crippen LogP contribution in [0.1, 0.15) is 23.2 Å². The van der Waals surface area contributed by atoms with Crippen molar-refractivity contribution in [2.75, 3.05) is 18.4 Å². The molecule has 1 saturated heterocycles. The summed E-state index contributed by atoms with van der Waals surface area (Å²) in [6.07, 6.45) is 3.43. The molecule has 0 bridgehead atoms. The van der Waals surface area contributed by atoms with Gasteiger partial charge in [-0.1, -0.05) is 24.3 Å². The Morgan fingerprint density at radius 2 is 1.81 bits per heavy atom. The average Bonchev–Trinajstić information content (AvgIpc) is 3.32. The molecule has 26 heavy (non-hydrogen) atoms. The number of anilines is 1. The molecule has 0 radical (unpaired) electrons. The number of nitrogens with one attached hydrogen (secondary N) is 2. The van der Waals surface area contributed by atoms with E-state index < -0.39 is 10.0 Å². The molecule has 1 fully saturated rings. The molecule has 3 aromatic rings. The third-order valence-electron chi connectivity index (χ3n) is 4.63. The number of nitrogens with zero attached hydrogens (tertiary/aromatic N) is 1. The number of carbonyl (C=O) groups is 1. The second-order valence-corrected chi connectivity index (χ2v) is 8.28. The fourth-order valence-corrected chi connectivity index (χ4v) is 4.83. The van der Waals surface area contributed by atoms with Crippen LogP contribution in [0.4, 0.5) is 5.69 Å². The third kappa shape index (κ3) is 3.00. The highest BCUT2D eigenvalue weighted by Crippen LogP contribution is 2.24. The lowest BCUT2D eigenvalue weighted by Crippen LogP contribution is -2.27. The van der Waals surface area contributed by atoms with Gasteiger partial charge in [0.05, 0.1) is 10.5 Å². The lowest BCUT2D eigenvalue weighted by molar-refractivity contribution is 0.102. The van der Waals surface area contributed by atoms with E-state index in [1.54, 1.807) is 24.4 Å². The van der Waals surface area contributed by atoms with Crippen LogP contribution in [0, 0.1) is 0 Å². The SMILES string of the molecule is O=C(Nc1cccc(S(=O)(=O)N2CCCC2)c1)c1c[nH]c2ccccc12. The van der Waals surface area contributed by atoms with Gasteiger partial charge in [-0.2, -0.15) is 4.31 Å². The van der Waals surface area contributed by atoms with Crippen molar-refractivity contribution in [3.63, 3.8) is 0 Å². The van der Waals surface area contributed by atoms with Crippen LogP contribution in [0.2, 0.25) is 0 Å². The Labute approximate surface area is 151 Å². The second kappa shape index (κ2) is 6.59. The lowest BCUT2D eigenvalue weighted by Gasteiger charge is -2.16. The van der Waals surface area contributed by atoms with Crippen LogP contribution in [-0.4, -0.2) is 36.7 Å². The molecule has 2 aromatic carbocycles. The smallest absolute Gasteiger partial charge is 0.257 e. The Hall–Kier alpha value is -2.64. The number of carbonyl (C=O) groups excluding carboxylic acids is 1. The summed E-state index contributed by atoms with van der Waals surface area (Å²) in [6, 6.07) is 14.0. The first kappa shape index (κ1) is 16.8. The highest BCUT2D eigenvalue weighted by molar-refractivity contribution is 7.89. The largest absolute Gasteiger partial charge is 0.360 e. The summed E-state index contributed by atoms with van der Waals surface area (Å²) >= 11 is 0. The van der Waals surface area contributed by atoms with Crippen molar-refractivity contribution in [1.29, 1.82) is 0 Å². The van der Waals surface area contributed by atoms with Gasteiger partial charge in [0.1, 0.15) is 0 Å². The number of rotatable bonds is 4. The zero-order chi connectivity index (χ0) is 18.1. The molecule has 134 valence electrons. The van der Waals surface area contributed by atoms with Crippen LogP contribution in [0.3, 0.4) is 0 Å². The van der Waals surface area contributed by atoms with Crippen LogP contribution < -0.4 is 5.32 Å². The maximum atomic E-state index is 12.7. The fraction of sp³-hybridized carbons (Fsp3) is 0.211. The number of para-hydroxylation sites is 1. The topological polar surface area (TPSA) is 82.3 Å². The van der Waals surface area contributed by atoms with E-state index in [1.165, 1.54) is 10.4 Å². The molecule has 6 nitrogen and oxygen atoms in total. The summed E-state index contributed by atoms with van der Waals surface area (Å²) in [6.45, 7) is 1.10. The summed E-state index contributed by atoms with van der Waals surface area (Å²) in [7, 11) is -3.51. The molecule has 0 spiro atoms. The minimum Gasteiger partial charge on any atom is -0.360 e. The van der Waals surface area contributed by atoms with E-state index in [9.17, 15) is 13.2 Å². The van der Waals surface area contributed by atoms with Crippen molar-refractivity contribution < 1.29 is 13.2 Å². The minimum atomic E-state index is -3.51. The number of aromatic amines is 1. The molecule has 2 N–H and O–H groups in total. The van der Waals surface area contributed by atoms with Gasteiger partial charge >= 0.3 is 0 Å². The van der Waals surface area contributed by atoms with Crippen LogP contribution >= 0.6 is 0 Å². The first-order valence-corrected chi connectivity index (χ1v) is 9.97. The molecule has 2 heterocycles. The van der Waals surface area contributed by atoms with E-state index in [1.807, 2.05) is 24.3 Å². The summed E-state index contributed by atoms with van der Waals surface area (Å²) < 4.78 is 26.9. The number of H-pyrrole nitrogens is 1. The standard InChI is InChI=1S/C19H19N3O3S/c23-19(17-13-20-18-9-2-1-8-16(17)18)21-14-6-5-7-15(12-14)26(24,25)22-10-3-4-11-22/h1-2,5-9,12-13,20H,3-4,10-11H2,(H,21,23). The Morgan fingerprint density at radius 1 is 1.04 bits per heavy atom. The lowest BCUT2D eigenvalue weighted by atomic mass is 10.1. The van der Waals surface area contributed by atoms with E-state index in [0.717, 1.165) is 23.7 Å². The molecule has 1 aliphatic heterocycles. The van der Waals surface area contributed by atoms with Crippen LogP contribution in [0.5, 0.6) is 0 Å². The minimum absolute atomic E-state index is 0.205. The van der Waals surface area contributed by atoms with Gasteiger partial charge in [-0.05, 0) is 37.1 Å². The molecule has 0 unspecified atom stereocenters. The van der Waals surface area contributed by atoms with Crippen molar-refractivity contribution in [2.24, 2.45) is 0 Å². The number of aromatic nitrogens is 1. The molecule has 0 saturated carbocycles. The van der Waals surface area contributed by atoms with E-state index in [-0.39, 0.29) is 10.8 Å². The highest BCUT2D eigenvalue weighted by atomic mass is 32.2. The Balaban J connectivity index is 1.60. The normalized spacial score (nSPS) is 15.4. The summed E-state index contributed by atoms with van der Waals surface area (Å²) in [5.74, 6) is -0.279. The predicted octanol–water partition coefficient (Wildman–Crippen LogP) is 3.20. The number of sulfonamides is 1. The number of hydrogen-bond donors (Lipinski definition) is 2. The molecule has 7 heteroatoms. The van der Waals surface area contributed by atoms with Gasteiger partial charge in [0.2, 0.25) is 10.0 Å². The number of benzene rings is 2. The fourth-order valence-electron chi connectivity index (χ4n) is 3.27. The average molecular weight is 369 g/mol. The zero-order valence-electron chi connectivity index (χ0n) is 14.1. The number of amides is 1. The predicted molar refractivity (Wildman–Crippen MR) is 101 cm³/mol. The molecule has 4 rings (SSSR count). The first-order valence-electron chi connectivity index (χ1n) is 8.53. The Kier molecular flexibility index (Phi) is 4.26. The molecule has 1 aliphatic rings. The molecule has 0 atom stereocenters. The van der Waals surface area contributed by atoms with Crippen molar-refractivity contribution >= 4 is 32.5 Å². The maximum absolute atomic E-state index is 12.7. The van der Waals surface area contributed by atoms with Gasteiger partial charge < -0.3 is 10.3 Å². The highest BCUT2D eigenvalue weighted by Gasteiger charge is 2.27. The van der Waals surface area contributed by atoms with Gasteiger partial charge in [-0.15, -0.1) is 0 Å². The van der Waals surface area contributed by atoms with Crippen molar-refractivity contribution in [3.8, 4) is 0 Å². The van der Waals surface area contributed by atoms with E-state index in [4.69, 9.17) is 0 Å².